The van der Waals surface area contributed by atoms with Gasteiger partial charge in [-0.05, 0) is 26.7 Å². The van der Waals surface area contributed by atoms with E-state index in [4.69, 9.17) is 0 Å². The van der Waals surface area contributed by atoms with Gasteiger partial charge >= 0.3 is 0 Å². The van der Waals surface area contributed by atoms with Gasteiger partial charge in [0.2, 0.25) is 0 Å². The van der Waals surface area contributed by atoms with Crippen molar-refractivity contribution in [3.8, 4) is 0 Å². The van der Waals surface area contributed by atoms with Crippen molar-refractivity contribution in [2.45, 2.75) is 40.0 Å². The Kier molecular flexibility index (Phi) is 7.92. The van der Waals surface area contributed by atoms with Crippen LogP contribution in [0.25, 0.3) is 0 Å². The standard InChI is InChI=1S/C14H22/c1-5-7-9-11-14(4)12-13(3)10-8-6-2/h5,7,9-11H,4,6,8,12H2,1-3H3/b7-5-,11-9-,13-10+. The highest BCUT2D eigenvalue weighted by Gasteiger charge is 1.90. The lowest BCUT2D eigenvalue weighted by molar-refractivity contribution is 0.939. The van der Waals surface area contributed by atoms with Gasteiger partial charge in [0.1, 0.15) is 0 Å². The number of hydrogen-bond acceptors (Lipinski definition) is 0. The van der Waals surface area contributed by atoms with Crippen LogP contribution in [0.2, 0.25) is 0 Å². The molecule has 0 fully saturated rings. The Hall–Kier alpha value is -1.04. The minimum Gasteiger partial charge on any atom is -0.0955 e. The summed E-state index contributed by atoms with van der Waals surface area (Å²) < 4.78 is 0. The van der Waals surface area contributed by atoms with Crippen molar-refractivity contribution < 1.29 is 0 Å². The monoisotopic (exact) mass is 190 g/mol. The molecule has 14 heavy (non-hydrogen) atoms. The van der Waals surface area contributed by atoms with Crippen LogP contribution in [0, 0.1) is 0 Å². The zero-order valence-electron chi connectivity index (χ0n) is 9.72. The van der Waals surface area contributed by atoms with Crippen LogP contribution in [0.15, 0.2) is 48.1 Å². The van der Waals surface area contributed by atoms with Crippen LogP contribution in [0.3, 0.4) is 0 Å². The fraction of sp³-hybridized carbons (Fsp3) is 0.429. The predicted octanol–water partition coefficient (Wildman–Crippen LogP) is 4.81. The number of hydrogen-bond donors (Lipinski definition) is 0. The lowest BCUT2D eigenvalue weighted by Gasteiger charge is -2.00. The molecule has 0 atom stereocenters. The minimum absolute atomic E-state index is 0.994. The molecule has 0 aliphatic rings. The zero-order chi connectivity index (χ0) is 10.8. The fourth-order valence-corrected chi connectivity index (χ4v) is 1.18. The van der Waals surface area contributed by atoms with Crippen molar-refractivity contribution in [1.82, 2.24) is 0 Å². The highest BCUT2D eigenvalue weighted by Crippen LogP contribution is 2.11. The third-order valence-electron chi connectivity index (χ3n) is 1.92. The van der Waals surface area contributed by atoms with Crippen LogP contribution < -0.4 is 0 Å². The Bertz CT molecular complexity index is 239. The van der Waals surface area contributed by atoms with E-state index in [2.05, 4.69) is 32.6 Å². The number of rotatable bonds is 6. The smallest absolute Gasteiger partial charge is 0.00758 e. The fourth-order valence-electron chi connectivity index (χ4n) is 1.18. The summed E-state index contributed by atoms with van der Waals surface area (Å²) >= 11 is 0. The molecule has 0 aromatic heterocycles. The molecule has 0 N–H and O–H groups in total. The van der Waals surface area contributed by atoms with Crippen LogP contribution in [-0.4, -0.2) is 0 Å². The molecule has 0 heterocycles. The van der Waals surface area contributed by atoms with Gasteiger partial charge in [0.05, 0.1) is 0 Å². The van der Waals surface area contributed by atoms with Crippen LogP contribution in [-0.2, 0) is 0 Å². The van der Waals surface area contributed by atoms with Gasteiger partial charge in [-0.1, -0.05) is 61.4 Å². The van der Waals surface area contributed by atoms with E-state index in [0.29, 0.717) is 0 Å². The Balaban J connectivity index is 3.93. The topological polar surface area (TPSA) is 0 Å². The van der Waals surface area contributed by atoms with E-state index in [1.165, 1.54) is 24.0 Å². The molecule has 0 radical (unpaired) electrons. The lowest BCUT2D eigenvalue weighted by atomic mass is 10.1. The first kappa shape index (κ1) is 13.0. The molecule has 0 aliphatic carbocycles. The van der Waals surface area contributed by atoms with Crippen LogP contribution in [0.5, 0.6) is 0 Å². The van der Waals surface area contributed by atoms with Gasteiger partial charge in [-0.2, -0.15) is 0 Å². The average Bonchev–Trinajstić information content (AvgIpc) is 2.15. The van der Waals surface area contributed by atoms with E-state index in [1.807, 2.05) is 25.2 Å². The molecule has 0 saturated heterocycles. The molecule has 0 nitrogen and oxygen atoms in total. The predicted molar refractivity (Wildman–Crippen MR) is 66.4 cm³/mol. The van der Waals surface area contributed by atoms with E-state index >= 15 is 0 Å². The third-order valence-corrected chi connectivity index (χ3v) is 1.92. The van der Waals surface area contributed by atoms with Crippen LogP contribution >= 0.6 is 0 Å². The quantitative estimate of drug-likeness (QED) is 0.416. The molecule has 0 bridgehead atoms. The maximum atomic E-state index is 4.01. The molecule has 0 rings (SSSR count). The number of allylic oxidation sites excluding steroid dienone is 7. The minimum atomic E-state index is 0.994. The normalized spacial score (nSPS) is 12.9. The van der Waals surface area contributed by atoms with E-state index < -0.39 is 0 Å². The van der Waals surface area contributed by atoms with E-state index in [1.54, 1.807) is 0 Å². The summed E-state index contributed by atoms with van der Waals surface area (Å²) in [6.45, 7) is 10.4. The molecule has 0 heteroatoms. The maximum absolute atomic E-state index is 4.01. The van der Waals surface area contributed by atoms with E-state index in [0.717, 1.165) is 6.42 Å². The second-order valence-electron chi connectivity index (χ2n) is 3.56. The largest absolute Gasteiger partial charge is 0.0955 e. The Labute approximate surface area is 88.7 Å². The molecule has 0 aromatic carbocycles. The van der Waals surface area contributed by atoms with Gasteiger partial charge in [-0.3, -0.25) is 0 Å². The highest BCUT2D eigenvalue weighted by atomic mass is 14.0. The summed E-state index contributed by atoms with van der Waals surface area (Å²) in [6.07, 6.45) is 13.8. The van der Waals surface area contributed by atoms with Gasteiger partial charge in [-0.25, -0.2) is 0 Å². The van der Waals surface area contributed by atoms with Crippen LogP contribution in [0.1, 0.15) is 40.0 Å². The van der Waals surface area contributed by atoms with Crippen molar-refractivity contribution in [2.24, 2.45) is 0 Å². The summed E-state index contributed by atoms with van der Waals surface area (Å²) in [4.78, 5) is 0. The van der Waals surface area contributed by atoms with Crippen molar-refractivity contribution in [1.29, 1.82) is 0 Å². The van der Waals surface area contributed by atoms with E-state index in [9.17, 15) is 0 Å². The SMILES string of the molecule is C=C(/C=C\C=C/C)C/C(C)=C/CCC. The Morgan fingerprint density at radius 1 is 1.29 bits per heavy atom. The van der Waals surface area contributed by atoms with Gasteiger partial charge < -0.3 is 0 Å². The lowest BCUT2D eigenvalue weighted by Crippen LogP contribution is -1.80. The van der Waals surface area contributed by atoms with Gasteiger partial charge in [0.25, 0.3) is 0 Å². The average molecular weight is 190 g/mol. The molecule has 0 spiro atoms. The molecular formula is C14H22. The van der Waals surface area contributed by atoms with Gasteiger partial charge in [0, 0.05) is 0 Å². The highest BCUT2D eigenvalue weighted by molar-refractivity contribution is 5.24. The zero-order valence-corrected chi connectivity index (χ0v) is 9.72. The molecule has 0 aliphatic heterocycles. The summed E-state index contributed by atoms with van der Waals surface area (Å²) in [5.74, 6) is 0. The number of unbranched alkanes of at least 4 members (excludes halogenated alkanes) is 1. The van der Waals surface area contributed by atoms with Crippen molar-refractivity contribution in [2.75, 3.05) is 0 Å². The molecule has 0 unspecified atom stereocenters. The first-order chi connectivity index (χ1) is 6.70. The van der Waals surface area contributed by atoms with Gasteiger partial charge in [-0.15, -0.1) is 0 Å². The summed E-state index contributed by atoms with van der Waals surface area (Å²) in [5, 5.41) is 0. The second kappa shape index (κ2) is 8.55. The molecular weight excluding hydrogens is 168 g/mol. The molecule has 0 saturated carbocycles. The first-order valence-electron chi connectivity index (χ1n) is 5.33. The molecule has 78 valence electrons. The van der Waals surface area contributed by atoms with Crippen molar-refractivity contribution in [3.05, 3.63) is 48.1 Å². The Morgan fingerprint density at radius 2 is 2.00 bits per heavy atom. The van der Waals surface area contributed by atoms with Gasteiger partial charge in [0.15, 0.2) is 0 Å². The van der Waals surface area contributed by atoms with Crippen molar-refractivity contribution in [3.63, 3.8) is 0 Å². The Morgan fingerprint density at radius 3 is 2.57 bits per heavy atom. The van der Waals surface area contributed by atoms with Crippen molar-refractivity contribution >= 4 is 0 Å². The van der Waals surface area contributed by atoms with Crippen LogP contribution in [0.4, 0.5) is 0 Å². The summed E-state index contributed by atoms with van der Waals surface area (Å²) in [7, 11) is 0. The molecule has 0 amide bonds. The first-order valence-corrected chi connectivity index (χ1v) is 5.33. The maximum Gasteiger partial charge on any atom is -0.00758 e. The third kappa shape index (κ3) is 7.60. The van der Waals surface area contributed by atoms with E-state index in [-0.39, 0.29) is 0 Å². The molecule has 0 aromatic rings. The second-order valence-corrected chi connectivity index (χ2v) is 3.56. The summed E-state index contributed by atoms with van der Waals surface area (Å²) in [5.41, 5.74) is 2.59. The summed E-state index contributed by atoms with van der Waals surface area (Å²) in [6, 6.07) is 0.